The number of alkyl halides is 1. The average Bonchev–Trinajstić information content (AvgIpc) is 3.05. The molecule has 1 aromatic carbocycles. The van der Waals surface area contributed by atoms with Gasteiger partial charge in [0.25, 0.3) is 0 Å². The normalized spacial score (nSPS) is 15.2. The van der Waals surface area contributed by atoms with Gasteiger partial charge in [-0.25, -0.2) is 0 Å². The van der Waals surface area contributed by atoms with Gasteiger partial charge in [-0.1, -0.05) is 19.1 Å². The van der Waals surface area contributed by atoms with Crippen molar-refractivity contribution >= 4 is 22.9 Å². The Balaban J connectivity index is 1.95. The van der Waals surface area contributed by atoms with Gasteiger partial charge in [-0.15, -0.1) is 22.9 Å². The van der Waals surface area contributed by atoms with Crippen LogP contribution in [0, 0.1) is 0 Å². The number of rotatable bonds is 3. The van der Waals surface area contributed by atoms with Crippen molar-refractivity contribution < 1.29 is 4.74 Å². The highest BCUT2D eigenvalue weighted by atomic mass is 35.5. The molecule has 1 atom stereocenters. The Kier molecular flexibility index (Phi) is 3.31. The molecule has 0 fully saturated rings. The van der Waals surface area contributed by atoms with Gasteiger partial charge >= 0.3 is 0 Å². The zero-order valence-corrected chi connectivity index (χ0v) is 11.9. The van der Waals surface area contributed by atoms with Crippen LogP contribution in [-0.4, -0.2) is 6.61 Å². The molecule has 1 aromatic heterocycles. The fraction of sp³-hybridized carbons (Fsp3) is 0.333. The van der Waals surface area contributed by atoms with Gasteiger partial charge in [0.1, 0.15) is 5.75 Å². The van der Waals surface area contributed by atoms with Gasteiger partial charge in [0.05, 0.1) is 12.0 Å². The standard InChI is InChI=1S/C15H15ClOS/c1-2-10-6-8-18-15(10)14(16)12-3-4-13-11(9-12)5-7-17-13/h3-4,6,8-9,14H,2,5,7H2,1H3. The molecule has 0 bridgehead atoms. The van der Waals surface area contributed by atoms with Crippen LogP contribution in [0.25, 0.3) is 0 Å². The van der Waals surface area contributed by atoms with Crippen molar-refractivity contribution in [2.45, 2.75) is 25.1 Å². The summed E-state index contributed by atoms with van der Waals surface area (Å²) in [5.41, 5.74) is 3.82. The second-order valence-corrected chi connectivity index (χ2v) is 5.88. The van der Waals surface area contributed by atoms with Crippen molar-refractivity contribution in [1.29, 1.82) is 0 Å². The highest BCUT2D eigenvalue weighted by Crippen LogP contribution is 2.37. The number of hydrogen-bond acceptors (Lipinski definition) is 2. The summed E-state index contributed by atoms with van der Waals surface area (Å²) in [6, 6.07) is 8.50. The van der Waals surface area contributed by atoms with Gasteiger partial charge < -0.3 is 4.74 Å². The van der Waals surface area contributed by atoms with Crippen LogP contribution >= 0.6 is 22.9 Å². The third-order valence-electron chi connectivity index (χ3n) is 3.40. The molecule has 0 aliphatic carbocycles. The lowest BCUT2D eigenvalue weighted by molar-refractivity contribution is 0.357. The number of hydrogen-bond donors (Lipinski definition) is 0. The number of ether oxygens (including phenoxy) is 1. The molecule has 0 spiro atoms. The fourth-order valence-electron chi connectivity index (χ4n) is 2.38. The van der Waals surface area contributed by atoms with Crippen LogP contribution in [-0.2, 0) is 12.8 Å². The Morgan fingerprint density at radius 2 is 2.28 bits per heavy atom. The predicted octanol–water partition coefficient (Wildman–Crippen LogP) is 4.57. The Bertz CT molecular complexity index is 561. The van der Waals surface area contributed by atoms with Gasteiger partial charge in [-0.3, -0.25) is 0 Å². The van der Waals surface area contributed by atoms with E-state index in [2.05, 4.69) is 30.5 Å². The van der Waals surface area contributed by atoms with Crippen molar-refractivity contribution in [3.05, 3.63) is 51.2 Å². The molecule has 0 saturated carbocycles. The van der Waals surface area contributed by atoms with Gasteiger partial charge in [-0.05, 0) is 40.6 Å². The first-order valence-electron chi connectivity index (χ1n) is 6.25. The van der Waals surface area contributed by atoms with E-state index in [0.717, 1.165) is 25.2 Å². The maximum atomic E-state index is 6.63. The topological polar surface area (TPSA) is 9.23 Å². The molecule has 1 nitrogen and oxygen atoms in total. The maximum absolute atomic E-state index is 6.63. The van der Waals surface area contributed by atoms with Crippen LogP contribution in [0.2, 0.25) is 0 Å². The monoisotopic (exact) mass is 278 g/mol. The lowest BCUT2D eigenvalue weighted by Gasteiger charge is -2.11. The van der Waals surface area contributed by atoms with E-state index in [-0.39, 0.29) is 5.38 Å². The van der Waals surface area contributed by atoms with Crippen LogP contribution in [0.1, 0.15) is 33.9 Å². The highest BCUT2D eigenvalue weighted by Gasteiger charge is 2.19. The summed E-state index contributed by atoms with van der Waals surface area (Å²) in [7, 11) is 0. The smallest absolute Gasteiger partial charge is 0.122 e. The summed E-state index contributed by atoms with van der Waals surface area (Å²) in [6.45, 7) is 2.97. The molecule has 3 heteroatoms. The quantitative estimate of drug-likeness (QED) is 0.747. The Labute approximate surface area is 116 Å². The molecular formula is C15H15ClOS. The zero-order chi connectivity index (χ0) is 12.5. The third-order valence-corrected chi connectivity index (χ3v) is 5.02. The number of benzene rings is 1. The first-order chi connectivity index (χ1) is 8.79. The van der Waals surface area contributed by atoms with E-state index in [4.69, 9.17) is 16.3 Å². The molecule has 2 aromatic rings. The van der Waals surface area contributed by atoms with E-state index >= 15 is 0 Å². The minimum atomic E-state index is -0.0363. The van der Waals surface area contributed by atoms with Crippen LogP contribution in [0.15, 0.2) is 29.6 Å². The summed E-state index contributed by atoms with van der Waals surface area (Å²) < 4.78 is 5.53. The molecule has 1 unspecified atom stereocenters. The largest absolute Gasteiger partial charge is 0.493 e. The van der Waals surface area contributed by atoms with Crippen LogP contribution in [0.3, 0.4) is 0 Å². The van der Waals surface area contributed by atoms with Crippen LogP contribution in [0.4, 0.5) is 0 Å². The maximum Gasteiger partial charge on any atom is 0.122 e. The molecule has 0 N–H and O–H groups in total. The Morgan fingerprint density at radius 1 is 1.39 bits per heavy atom. The van der Waals surface area contributed by atoms with E-state index in [1.165, 1.54) is 21.6 Å². The Hall–Kier alpha value is -0.990. The van der Waals surface area contributed by atoms with E-state index in [9.17, 15) is 0 Å². The highest BCUT2D eigenvalue weighted by molar-refractivity contribution is 7.10. The van der Waals surface area contributed by atoms with Gasteiger partial charge in [0.2, 0.25) is 0 Å². The molecule has 0 saturated heterocycles. The van der Waals surface area contributed by atoms with E-state index in [1.807, 2.05) is 6.07 Å². The lowest BCUT2D eigenvalue weighted by atomic mass is 10.0. The van der Waals surface area contributed by atoms with E-state index in [0.29, 0.717) is 0 Å². The molecular weight excluding hydrogens is 264 g/mol. The van der Waals surface area contributed by atoms with Crippen molar-refractivity contribution in [2.75, 3.05) is 6.61 Å². The number of fused-ring (bicyclic) bond motifs is 1. The molecule has 1 aliphatic rings. The second-order valence-electron chi connectivity index (χ2n) is 4.49. The minimum absolute atomic E-state index is 0.0363. The van der Waals surface area contributed by atoms with Crippen LogP contribution < -0.4 is 4.74 Å². The molecule has 3 rings (SSSR count). The average molecular weight is 279 g/mol. The molecule has 2 heterocycles. The molecule has 0 amide bonds. The molecule has 94 valence electrons. The summed E-state index contributed by atoms with van der Waals surface area (Å²) >= 11 is 8.38. The van der Waals surface area contributed by atoms with E-state index in [1.54, 1.807) is 11.3 Å². The first kappa shape index (κ1) is 12.1. The zero-order valence-electron chi connectivity index (χ0n) is 10.3. The van der Waals surface area contributed by atoms with Gasteiger partial charge in [0, 0.05) is 11.3 Å². The molecule has 18 heavy (non-hydrogen) atoms. The molecule has 1 aliphatic heterocycles. The van der Waals surface area contributed by atoms with Crippen molar-refractivity contribution in [3.63, 3.8) is 0 Å². The van der Waals surface area contributed by atoms with Crippen molar-refractivity contribution in [1.82, 2.24) is 0 Å². The summed E-state index contributed by atoms with van der Waals surface area (Å²) in [5, 5.41) is 2.09. The van der Waals surface area contributed by atoms with Crippen molar-refractivity contribution in [3.8, 4) is 5.75 Å². The van der Waals surface area contributed by atoms with Crippen molar-refractivity contribution in [2.24, 2.45) is 0 Å². The molecule has 0 radical (unpaired) electrons. The van der Waals surface area contributed by atoms with Gasteiger partial charge in [0.15, 0.2) is 0 Å². The second kappa shape index (κ2) is 4.94. The Morgan fingerprint density at radius 3 is 3.11 bits per heavy atom. The summed E-state index contributed by atoms with van der Waals surface area (Å²) in [5.74, 6) is 1.02. The summed E-state index contributed by atoms with van der Waals surface area (Å²) in [6.07, 6.45) is 2.04. The number of aryl methyl sites for hydroxylation is 1. The number of halogens is 1. The number of thiophene rings is 1. The van der Waals surface area contributed by atoms with Crippen LogP contribution in [0.5, 0.6) is 5.75 Å². The fourth-order valence-corrected chi connectivity index (χ4v) is 3.81. The first-order valence-corrected chi connectivity index (χ1v) is 7.57. The minimum Gasteiger partial charge on any atom is -0.493 e. The van der Waals surface area contributed by atoms with E-state index < -0.39 is 0 Å². The van der Waals surface area contributed by atoms with Gasteiger partial charge in [-0.2, -0.15) is 0 Å². The predicted molar refractivity (Wildman–Crippen MR) is 77.0 cm³/mol. The summed E-state index contributed by atoms with van der Waals surface area (Å²) in [4.78, 5) is 1.28. The third kappa shape index (κ3) is 2.04. The SMILES string of the molecule is CCc1ccsc1C(Cl)c1ccc2c(c1)CCO2. The lowest BCUT2D eigenvalue weighted by Crippen LogP contribution is -1.95.